The Labute approximate surface area is 127 Å². The molecule has 2 aromatic heterocycles. The summed E-state index contributed by atoms with van der Waals surface area (Å²) in [7, 11) is 1.78. The molecule has 112 valence electrons. The van der Waals surface area contributed by atoms with E-state index in [1.54, 1.807) is 18.3 Å². The van der Waals surface area contributed by atoms with Crippen molar-refractivity contribution in [2.75, 3.05) is 18.9 Å². The number of carbonyl (C=O) groups is 1. The number of H-pyrrole nitrogens is 1. The van der Waals surface area contributed by atoms with Gasteiger partial charge in [0.1, 0.15) is 11.8 Å². The molecule has 0 unspecified atom stereocenters. The van der Waals surface area contributed by atoms with E-state index in [9.17, 15) is 4.79 Å². The second-order valence-corrected chi connectivity index (χ2v) is 4.91. The summed E-state index contributed by atoms with van der Waals surface area (Å²) < 4.78 is 0. The fourth-order valence-corrected chi connectivity index (χ4v) is 2.14. The van der Waals surface area contributed by atoms with Crippen molar-refractivity contribution in [3.8, 4) is 0 Å². The third kappa shape index (κ3) is 3.03. The topological polar surface area (TPSA) is 86.8 Å². The number of likely N-dealkylation sites (N-methyl/N-ethyl adjacent to an activating group) is 1. The van der Waals surface area contributed by atoms with E-state index in [4.69, 9.17) is 0 Å². The molecule has 1 amide bonds. The number of aromatic nitrogens is 4. The molecular formula is C15H16N6O. The van der Waals surface area contributed by atoms with Crippen molar-refractivity contribution in [3.05, 3.63) is 48.5 Å². The van der Waals surface area contributed by atoms with E-state index in [0.29, 0.717) is 23.5 Å². The molecule has 0 radical (unpaired) electrons. The van der Waals surface area contributed by atoms with Crippen LogP contribution < -0.4 is 5.32 Å². The van der Waals surface area contributed by atoms with E-state index >= 15 is 0 Å². The summed E-state index contributed by atoms with van der Waals surface area (Å²) in [6, 6.07) is 9.87. The molecule has 0 fully saturated rings. The summed E-state index contributed by atoms with van der Waals surface area (Å²) in [5, 5.41) is 3.03. The van der Waals surface area contributed by atoms with Gasteiger partial charge in [-0.1, -0.05) is 30.3 Å². The molecule has 2 heterocycles. The van der Waals surface area contributed by atoms with Crippen LogP contribution in [-0.4, -0.2) is 44.3 Å². The Kier molecular flexibility index (Phi) is 3.95. The molecule has 0 saturated carbocycles. The molecule has 0 saturated heterocycles. The Morgan fingerprint density at radius 1 is 1.23 bits per heavy atom. The van der Waals surface area contributed by atoms with Crippen LogP contribution in [0.2, 0.25) is 0 Å². The van der Waals surface area contributed by atoms with Crippen molar-refractivity contribution in [2.24, 2.45) is 0 Å². The van der Waals surface area contributed by atoms with Gasteiger partial charge >= 0.3 is 0 Å². The van der Waals surface area contributed by atoms with Crippen molar-refractivity contribution in [3.63, 3.8) is 0 Å². The first-order valence-electron chi connectivity index (χ1n) is 6.90. The number of nitrogens with one attached hydrogen (secondary N) is 2. The Balaban J connectivity index is 1.61. The van der Waals surface area contributed by atoms with Gasteiger partial charge in [0, 0.05) is 13.6 Å². The third-order valence-electron chi connectivity index (χ3n) is 3.32. The number of benzene rings is 1. The Bertz CT molecular complexity index is 770. The van der Waals surface area contributed by atoms with Gasteiger partial charge in [0.2, 0.25) is 5.91 Å². The number of hydrogen-bond acceptors (Lipinski definition) is 5. The summed E-state index contributed by atoms with van der Waals surface area (Å²) in [6.45, 7) is 0.735. The molecule has 0 aliphatic heterocycles. The van der Waals surface area contributed by atoms with E-state index in [-0.39, 0.29) is 12.5 Å². The van der Waals surface area contributed by atoms with Gasteiger partial charge in [0.05, 0.1) is 12.9 Å². The summed E-state index contributed by atoms with van der Waals surface area (Å²) in [5.74, 6) is 0.555. The van der Waals surface area contributed by atoms with Gasteiger partial charge < -0.3 is 15.2 Å². The van der Waals surface area contributed by atoms with Crippen molar-refractivity contribution in [2.45, 2.75) is 6.54 Å². The molecule has 7 nitrogen and oxygen atoms in total. The molecule has 0 aliphatic rings. The van der Waals surface area contributed by atoms with Gasteiger partial charge in [-0.25, -0.2) is 15.0 Å². The van der Waals surface area contributed by atoms with E-state index in [2.05, 4.69) is 25.3 Å². The number of nitrogens with zero attached hydrogens (tertiary/aromatic N) is 4. The number of amides is 1. The molecule has 1 aromatic carbocycles. The van der Waals surface area contributed by atoms with Crippen LogP contribution >= 0.6 is 0 Å². The highest BCUT2D eigenvalue weighted by atomic mass is 16.2. The van der Waals surface area contributed by atoms with Crippen LogP contribution in [-0.2, 0) is 11.3 Å². The van der Waals surface area contributed by atoms with Crippen molar-refractivity contribution >= 4 is 22.9 Å². The number of carbonyl (C=O) groups excluding carboxylic acids is 1. The number of rotatable bonds is 5. The molecule has 2 N–H and O–H groups in total. The summed E-state index contributed by atoms with van der Waals surface area (Å²) >= 11 is 0. The van der Waals surface area contributed by atoms with Gasteiger partial charge in [-0.2, -0.15) is 0 Å². The fraction of sp³-hybridized carbons (Fsp3) is 0.200. The molecule has 0 bridgehead atoms. The lowest BCUT2D eigenvalue weighted by atomic mass is 10.2. The van der Waals surface area contributed by atoms with Crippen LogP contribution in [0, 0.1) is 0 Å². The second kappa shape index (κ2) is 6.21. The van der Waals surface area contributed by atoms with Crippen molar-refractivity contribution in [1.29, 1.82) is 0 Å². The van der Waals surface area contributed by atoms with Gasteiger partial charge in [-0.05, 0) is 5.56 Å². The quantitative estimate of drug-likeness (QED) is 0.743. The fourth-order valence-electron chi connectivity index (χ4n) is 2.14. The van der Waals surface area contributed by atoms with Crippen molar-refractivity contribution in [1.82, 2.24) is 24.8 Å². The lowest BCUT2D eigenvalue weighted by molar-refractivity contribution is -0.128. The molecule has 0 atom stereocenters. The van der Waals surface area contributed by atoms with E-state index < -0.39 is 0 Å². The number of hydrogen-bond donors (Lipinski definition) is 2. The minimum atomic E-state index is -0.0184. The highest BCUT2D eigenvalue weighted by Gasteiger charge is 2.11. The Morgan fingerprint density at radius 3 is 2.86 bits per heavy atom. The standard InChI is InChI=1S/C15H16N6O/c1-21(8-11-5-3-2-4-6-11)12(22)7-16-14-13-15(18-9-17-13)20-10-19-14/h2-6,9-10H,7-8H2,1H3,(H2,16,17,18,19,20). The first-order valence-corrected chi connectivity index (χ1v) is 6.90. The smallest absolute Gasteiger partial charge is 0.241 e. The molecule has 0 spiro atoms. The normalized spacial score (nSPS) is 10.6. The van der Waals surface area contributed by atoms with E-state index in [1.165, 1.54) is 6.33 Å². The zero-order valence-corrected chi connectivity index (χ0v) is 12.2. The molecule has 0 aliphatic carbocycles. The third-order valence-corrected chi connectivity index (χ3v) is 3.32. The van der Waals surface area contributed by atoms with Gasteiger partial charge in [0.15, 0.2) is 11.5 Å². The van der Waals surface area contributed by atoms with E-state index in [0.717, 1.165) is 5.56 Å². The van der Waals surface area contributed by atoms with Gasteiger partial charge in [-0.15, -0.1) is 0 Å². The number of fused-ring (bicyclic) bond motifs is 1. The van der Waals surface area contributed by atoms with Crippen LogP contribution in [0.1, 0.15) is 5.56 Å². The predicted molar refractivity (Wildman–Crippen MR) is 83.1 cm³/mol. The van der Waals surface area contributed by atoms with Crippen LogP contribution in [0.5, 0.6) is 0 Å². The second-order valence-electron chi connectivity index (χ2n) is 4.91. The first-order chi connectivity index (χ1) is 10.7. The van der Waals surface area contributed by atoms with E-state index in [1.807, 2.05) is 30.3 Å². The first kappa shape index (κ1) is 14.0. The number of aromatic amines is 1. The molecule has 3 rings (SSSR count). The summed E-state index contributed by atoms with van der Waals surface area (Å²) in [5.41, 5.74) is 2.36. The lowest BCUT2D eigenvalue weighted by Crippen LogP contribution is -2.31. The monoisotopic (exact) mass is 296 g/mol. The van der Waals surface area contributed by atoms with Crippen molar-refractivity contribution < 1.29 is 4.79 Å². The summed E-state index contributed by atoms with van der Waals surface area (Å²) in [4.78, 5) is 29.0. The Hall–Kier alpha value is -2.96. The maximum absolute atomic E-state index is 12.2. The summed E-state index contributed by atoms with van der Waals surface area (Å²) in [6.07, 6.45) is 2.97. The number of imidazole rings is 1. The van der Waals surface area contributed by atoms with Crippen LogP contribution in [0.4, 0.5) is 5.82 Å². The van der Waals surface area contributed by atoms with Gasteiger partial charge in [0.25, 0.3) is 0 Å². The van der Waals surface area contributed by atoms with Crippen LogP contribution in [0.3, 0.4) is 0 Å². The SMILES string of the molecule is CN(Cc1ccccc1)C(=O)CNc1ncnc2nc[nH]c12. The minimum Gasteiger partial charge on any atom is -0.359 e. The Morgan fingerprint density at radius 2 is 2.05 bits per heavy atom. The van der Waals surface area contributed by atoms with Gasteiger partial charge in [-0.3, -0.25) is 4.79 Å². The zero-order valence-electron chi connectivity index (χ0n) is 12.2. The molecular weight excluding hydrogens is 280 g/mol. The minimum absolute atomic E-state index is 0.0184. The zero-order chi connectivity index (χ0) is 15.4. The molecule has 22 heavy (non-hydrogen) atoms. The highest BCUT2D eigenvalue weighted by Crippen LogP contribution is 2.14. The average Bonchev–Trinajstić information content (AvgIpc) is 3.02. The highest BCUT2D eigenvalue weighted by molar-refractivity contribution is 5.86. The maximum Gasteiger partial charge on any atom is 0.241 e. The van der Waals surface area contributed by atoms with Crippen LogP contribution in [0.15, 0.2) is 43.0 Å². The maximum atomic E-state index is 12.2. The molecule has 3 aromatic rings. The van der Waals surface area contributed by atoms with Crippen LogP contribution in [0.25, 0.3) is 11.2 Å². The average molecular weight is 296 g/mol. The number of anilines is 1. The largest absolute Gasteiger partial charge is 0.359 e. The molecule has 7 heteroatoms. The lowest BCUT2D eigenvalue weighted by Gasteiger charge is -2.17. The predicted octanol–water partition coefficient (Wildman–Crippen LogP) is 1.42.